The van der Waals surface area contributed by atoms with Crippen molar-refractivity contribution in [2.45, 2.75) is 26.3 Å². The Kier molecular flexibility index (Phi) is 6.19. The van der Waals surface area contributed by atoms with Crippen molar-refractivity contribution in [2.75, 3.05) is 33.3 Å². The van der Waals surface area contributed by atoms with Crippen molar-refractivity contribution < 1.29 is 4.74 Å². The van der Waals surface area contributed by atoms with Gasteiger partial charge < -0.3 is 10.1 Å². The van der Waals surface area contributed by atoms with Gasteiger partial charge in [0.2, 0.25) is 0 Å². The van der Waals surface area contributed by atoms with Crippen LogP contribution in [0.5, 0.6) is 0 Å². The van der Waals surface area contributed by atoms with Crippen molar-refractivity contribution >= 4 is 0 Å². The molecule has 1 aliphatic heterocycles. The zero-order valence-corrected chi connectivity index (χ0v) is 10.7. The van der Waals surface area contributed by atoms with Crippen LogP contribution in [0, 0.1) is 0 Å². The summed E-state index contributed by atoms with van der Waals surface area (Å²) >= 11 is 0. The summed E-state index contributed by atoms with van der Waals surface area (Å²) in [5, 5.41) is 3.37. The summed E-state index contributed by atoms with van der Waals surface area (Å²) in [5.41, 5.74) is 0. The zero-order chi connectivity index (χ0) is 11.8. The molecule has 0 aromatic heterocycles. The van der Waals surface area contributed by atoms with Gasteiger partial charge in [-0.05, 0) is 18.6 Å². The van der Waals surface area contributed by atoms with Crippen LogP contribution in [0.4, 0.5) is 0 Å². The van der Waals surface area contributed by atoms with E-state index in [1.54, 1.807) is 7.11 Å². The lowest BCUT2D eigenvalue weighted by Crippen LogP contribution is -2.48. The van der Waals surface area contributed by atoms with E-state index in [1.165, 1.54) is 0 Å². The highest BCUT2D eigenvalue weighted by Crippen LogP contribution is 2.16. The molecule has 1 saturated heterocycles. The third-order valence-electron chi connectivity index (χ3n) is 2.87. The molecule has 92 valence electrons. The molecule has 1 heterocycles. The van der Waals surface area contributed by atoms with E-state index in [-0.39, 0.29) is 0 Å². The standard InChI is InChI=1S/C11H18N2O.C2H6/c1-14-11-4-2-3-10(9-11)13-7-5-12-6-8-13;1-2/h2,4,9-10,12H,3,5-8H2,1H3;1-2H3. The van der Waals surface area contributed by atoms with E-state index >= 15 is 0 Å². The van der Waals surface area contributed by atoms with Crippen LogP contribution in [-0.4, -0.2) is 44.2 Å². The van der Waals surface area contributed by atoms with Crippen LogP contribution in [0.2, 0.25) is 0 Å². The highest BCUT2D eigenvalue weighted by molar-refractivity contribution is 5.20. The Morgan fingerprint density at radius 1 is 1.31 bits per heavy atom. The number of rotatable bonds is 2. The Morgan fingerprint density at radius 2 is 2.00 bits per heavy atom. The fraction of sp³-hybridized carbons (Fsp3) is 0.692. The first-order valence-corrected chi connectivity index (χ1v) is 6.27. The molecule has 0 amide bonds. The van der Waals surface area contributed by atoms with Crippen molar-refractivity contribution in [2.24, 2.45) is 0 Å². The molecule has 2 rings (SSSR count). The molecule has 3 heteroatoms. The van der Waals surface area contributed by atoms with Crippen LogP contribution in [0.1, 0.15) is 20.3 Å². The number of piperazine rings is 1. The van der Waals surface area contributed by atoms with E-state index in [9.17, 15) is 0 Å². The van der Waals surface area contributed by atoms with Gasteiger partial charge in [-0.1, -0.05) is 19.9 Å². The summed E-state index contributed by atoms with van der Waals surface area (Å²) < 4.78 is 5.24. The molecular weight excluding hydrogens is 200 g/mol. The normalized spacial score (nSPS) is 25.4. The molecule has 3 nitrogen and oxygen atoms in total. The van der Waals surface area contributed by atoms with Gasteiger partial charge in [0.15, 0.2) is 0 Å². The number of methoxy groups -OCH3 is 1. The van der Waals surface area contributed by atoms with Gasteiger partial charge in [0.25, 0.3) is 0 Å². The molecule has 0 saturated carbocycles. The smallest absolute Gasteiger partial charge is 0.116 e. The first-order valence-electron chi connectivity index (χ1n) is 6.27. The molecule has 1 atom stereocenters. The minimum absolute atomic E-state index is 0.539. The molecule has 0 aromatic carbocycles. The average Bonchev–Trinajstić information content (AvgIpc) is 2.42. The lowest BCUT2D eigenvalue weighted by atomic mass is 10.1. The maximum absolute atomic E-state index is 5.24. The monoisotopic (exact) mass is 224 g/mol. The minimum atomic E-state index is 0.539. The van der Waals surface area contributed by atoms with Crippen molar-refractivity contribution in [3.63, 3.8) is 0 Å². The predicted octanol–water partition coefficient (Wildman–Crippen LogP) is 1.78. The minimum Gasteiger partial charge on any atom is -0.497 e. The number of nitrogens with one attached hydrogen (secondary N) is 1. The Labute approximate surface area is 99.2 Å². The van der Waals surface area contributed by atoms with Crippen LogP contribution in [0.25, 0.3) is 0 Å². The van der Waals surface area contributed by atoms with Crippen LogP contribution >= 0.6 is 0 Å². The van der Waals surface area contributed by atoms with Crippen LogP contribution in [0.15, 0.2) is 24.0 Å². The van der Waals surface area contributed by atoms with E-state index in [0.717, 1.165) is 38.4 Å². The molecule has 0 radical (unpaired) electrons. The van der Waals surface area contributed by atoms with Crippen LogP contribution in [0.3, 0.4) is 0 Å². The largest absolute Gasteiger partial charge is 0.497 e. The predicted molar refractivity (Wildman–Crippen MR) is 68.4 cm³/mol. The summed E-state index contributed by atoms with van der Waals surface area (Å²) in [7, 11) is 1.73. The Hall–Kier alpha value is -0.800. The second-order valence-electron chi connectivity index (χ2n) is 3.76. The van der Waals surface area contributed by atoms with Crippen LogP contribution < -0.4 is 5.32 Å². The number of ether oxygens (including phenoxy) is 1. The molecule has 0 bridgehead atoms. The number of hydrogen-bond donors (Lipinski definition) is 1. The van der Waals surface area contributed by atoms with Crippen LogP contribution in [-0.2, 0) is 4.74 Å². The summed E-state index contributed by atoms with van der Waals surface area (Å²) in [5.74, 6) is 1.000. The Bertz CT molecular complexity index is 242. The Morgan fingerprint density at radius 3 is 2.62 bits per heavy atom. The van der Waals surface area contributed by atoms with E-state index in [0.29, 0.717) is 6.04 Å². The highest BCUT2D eigenvalue weighted by Gasteiger charge is 2.19. The first-order chi connectivity index (χ1) is 7.90. The highest BCUT2D eigenvalue weighted by atomic mass is 16.5. The van der Waals surface area contributed by atoms with E-state index in [1.807, 2.05) is 13.8 Å². The molecule has 1 aliphatic carbocycles. The summed E-state index contributed by atoms with van der Waals surface area (Å²) in [6.07, 6.45) is 7.60. The summed E-state index contributed by atoms with van der Waals surface area (Å²) in [4.78, 5) is 2.51. The number of nitrogens with zero attached hydrogens (tertiary/aromatic N) is 1. The van der Waals surface area contributed by atoms with Gasteiger partial charge in [-0.2, -0.15) is 0 Å². The topological polar surface area (TPSA) is 24.5 Å². The maximum atomic E-state index is 5.24. The third-order valence-corrected chi connectivity index (χ3v) is 2.87. The van der Waals surface area contributed by atoms with Gasteiger partial charge in [0, 0.05) is 32.2 Å². The van der Waals surface area contributed by atoms with Gasteiger partial charge in [-0.25, -0.2) is 0 Å². The quantitative estimate of drug-likeness (QED) is 0.774. The average molecular weight is 224 g/mol. The molecule has 1 unspecified atom stereocenters. The summed E-state index contributed by atoms with van der Waals surface area (Å²) in [6, 6.07) is 0.539. The molecule has 1 N–H and O–H groups in total. The van der Waals surface area contributed by atoms with Crippen molar-refractivity contribution in [3.8, 4) is 0 Å². The van der Waals surface area contributed by atoms with Crippen molar-refractivity contribution in [1.29, 1.82) is 0 Å². The molecule has 0 aromatic rings. The lowest BCUT2D eigenvalue weighted by molar-refractivity contribution is 0.194. The molecule has 0 spiro atoms. The summed E-state index contributed by atoms with van der Waals surface area (Å²) in [6.45, 7) is 8.50. The lowest BCUT2D eigenvalue weighted by Gasteiger charge is -2.34. The molecule has 1 fully saturated rings. The zero-order valence-electron chi connectivity index (χ0n) is 10.7. The van der Waals surface area contributed by atoms with Gasteiger partial charge in [0.1, 0.15) is 5.76 Å². The van der Waals surface area contributed by atoms with Crippen molar-refractivity contribution in [1.82, 2.24) is 10.2 Å². The number of allylic oxidation sites excluding steroid dienone is 1. The molecule has 16 heavy (non-hydrogen) atoms. The van der Waals surface area contributed by atoms with Gasteiger partial charge in [-0.3, -0.25) is 4.90 Å². The second-order valence-corrected chi connectivity index (χ2v) is 3.76. The first kappa shape index (κ1) is 13.3. The molecule has 2 aliphatic rings. The third kappa shape index (κ3) is 3.65. The van der Waals surface area contributed by atoms with E-state index < -0.39 is 0 Å². The Balaban J connectivity index is 0.000000606. The van der Waals surface area contributed by atoms with E-state index in [2.05, 4.69) is 28.4 Å². The SMILES string of the molecule is CC.COC1=CC(N2CCNCC2)CC=C1. The van der Waals surface area contributed by atoms with Gasteiger partial charge in [0.05, 0.1) is 7.11 Å². The maximum Gasteiger partial charge on any atom is 0.116 e. The van der Waals surface area contributed by atoms with Crippen molar-refractivity contribution in [3.05, 3.63) is 24.0 Å². The van der Waals surface area contributed by atoms with E-state index in [4.69, 9.17) is 4.74 Å². The van der Waals surface area contributed by atoms with Gasteiger partial charge in [-0.15, -0.1) is 0 Å². The fourth-order valence-electron chi connectivity index (χ4n) is 2.04. The van der Waals surface area contributed by atoms with Gasteiger partial charge >= 0.3 is 0 Å². The molecular formula is C13H24N2O. The fourth-order valence-corrected chi connectivity index (χ4v) is 2.04. The second kappa shape index (κ2) is 7.47. The number of hydrogen-bond acceptors (Lipinski definition) is 3.